The van der Waals surface area contributed by atoms with E-state index in [0.29, 0.717) is 6.61 Å². The van der Waals surface area contributed by atoms with Gasteiger partial charge < -0.3 is 14.4 Å². The zero-order valence-electron chi connectivity index (χ0n) is 16.5. The Balaban J connectivity index is 1.19. The number of aromatic nitrogens is 1. The average molecular weight is 412 g/mol. The Labute approximate surface area is 174 Å². The highest BCUT2D eigenvalue weighted by Crippen LogP contribution is 2.22. The quantitative estimate of drug-likeness (QED) is 0.598. The van der Waals surface area contributed by atoms with Crippen LogP contribution in [0.1, 0.15) is 10.6 Å². The molecular weight excluding hydrogens is 386 g/mol. The second kappa shape index (κ2) is 9.35. The number of benzene rings is 2. The summed E-state index contributed by atoms with van der Waals surface area (Å²) >= 11 is 1.61. The minimum atomic E-state index is 0.0511. The third kappa shape index (κ3) is 5.12. The van der Waals surface area contributed by atoms with Crippen molar-refractivity contribution in [1.29, 1.82) is 0 Å². The van der Waals surface area contributed by atoms with Crippen LogP contribution in [0.25, 0.3) is 10.2 Å². The van der Waals surface area contributed by atoms with Crippen LogP contribution in [-0.2, 0) is 22.7 Å². The van der Waals surface area contributed by atoms with Crippen LogP contribution in [0.15, 0.2) is 48.5 Å². The van der Waals surface area contributed by atoms with Crippen molar-refractivity contribution < 1.29 is 14.3 Å². The molecule has 2 aromatic carbocycles. The van der Waals surface area contributed by atoms with Crippen LogP contribution in [0.4, 0.5) is 0 Å². The fourth-order valence-electron chi connectivity index (χ4n) is 3.44. The fraction of sp³-hybridized carbons (Fsp3) is 0.364. The van der Waals surface area contributed by atoms with Crippen molar-refractivity contribution in [2.24, 2.45) is 0 Å². The van der Waals surface area contributed by atoms with Crippen molar-refractivity contribution in [3.63, 3.8) is 0 Å². The molecule has 1 amide bonds. The molecule has 6 nitrogen and oxygen atoms in total. The van der Waals surface area contributed by atoms with Crippen molar-refractivity contribution in [3.05, 3.63) is 59.1 Å². The lowest BCUT2D eigenvalue weighted by Gasteiger charge is -2.34. The van der Waals surface area contributed by atoms with Gasteiger partial charge in [0.25, 0.3) is 0 Å². The molecule has 1 aromatic heterocycles. The maximum absolute atomic E-state index is 12.4. The van der Waals surface area contributed by atoms with Crippen LogP contribution in [0.2, 0.25) is 0 Å². The number of ether oxygens (including phenoxy) is 2. The van der Waals surface area contributed by atoms with Crippen LogP contribution < -0.4 is 4.74 Å². The number of rotatable bonds is 7. The van der Waals surface area contributed by atoms with Crippen molar-refractivity contribution in [3.8, 4) is 5.75 Å². The standard InChI is InChI=1S/C22H25N3O3S/c1-27-18-8-6-17(7-9-18)14-24-10-12-25(13-11-24)22(26)16-28-15-21-23-19-4-2-3-5-20(19)29-21/h2-9H,10-16H2,1H3. The minimum absolute atomic E-state index is 0.0511. The van der Waals surface area contributed by atoms with Crippen LogP contribution >= 0.6 is 11.3 Å². The molecule has 1 fully saturated rings. The van der Waals surface area contributed by atoms with Gasteiger partial charge in [0.05, 0.1) is 23.9 Å². The van der Waals surface area contributed by atoms with Gasteiger partial charge in [0.2, 0.25) is 5.91 Å². The SMILES string of the molecule is COc1ccc(CN2CCN(C(=O)COCc3nc4ccccc4s3)CC2)cc1. The van der Waals surface area contributed by atoms with E-state index in [9.17, 15) is 4.79 Å². The molecule has 1 aliphatic heterocycles. The average Bonchev–Trinajstić information content (AvgIpc) is 3.17. The molecule has 1 saturated heterocycles. The Bertz CT molecular complexity index is 916. The van der Waals surface area contributed by atoms with Gasteiger partial charge in [0, 0.05) is 32.7 Å². The van der Waals surface area contributed by atoms with Gasteiger partial charge in [0.15, 0.2) is 0 Å². The third-order valence-corrected chi connectivity index (χ3v) is 6.09. The third-order valence-electron chi connectivity index (χ3n) is 5.08. The summed E-state index contributed by atoms with van der Waals surface area (Å²) in [4.78, 5) is 21.2. The number of thiazole rings is 1. The smallest absolute Gasteiger partial charge is 0.248 e. The lowest BCUT2D eigenvalue weighted by atomic mass is 10.2. The number of hydrogen-bond acceptors (Lipinski definition) is 6. The first-order valence-electron chi connectivity index (χ1n) is 9.76. The van der Waals surface area contributed by atoms with Crippen LogP contribution in [0, 0.1) is 0 Å². The number of carbonyl (C=O) groups is 1. The number of nitrogens with zero attached hydrogens (tertiary/aromatic N) is 3. The number of piperazine rings is 1. The number of amides is 1. The molecule has 0 radical (unpaired) electrons. The normalized spacial score (nSPS) is 15.0. The Kier molecular flexibility index (Phi) is 6.39. The van der Waals surface area contributed by atoms with Crippen LogP contribution in [0.3, 0.4) is 0 Å². The van der Waals surface area contributed by atoms with E-state index in [1.807, 2.05) is 41.3 Å². The van der Waals surface area contributed by atoms with Gasteiger partial charge in [-0.05, 0) is 29.8 Å². The molecule has 0 bridgehead atoms. The second-order valence-corrected chi connectivity index (χ2v) is 8.19. The topological polar surface area (TPSA) is 54.9 Å². The molecular formula is C22H25N3O3S. The van der Waals surface area contributed by atoms with E-state index in [1.165, 1.54) is 5.56 Å². The Morgan fingerprint density at radius 3 is 2.55 bits per heavy atom. The molecule has 29 heavy (non-hydrogen) atoms. The predicted octanol–water partition coefficient (Wildman–Crippen LogP) is 3.17. The Morgan fingerprint density at radius 1 is 1.07 bits per heavy atom. The monoisotopic (exact) mass is 411 g/mol. The molecule has 7 heteroatoms. The molecule has 2 heterocycles. The van der Waals surface area contributed by atoms with E-state index in [4.69, 9.17) is 9.47 Å². The summed E-state index contributed by atoms with van der Waals surface area (Å²) in [6, 6.07) is 16.2. The molecule has 0 atom stereocenters. The molecule has 0 aliphatic carbocycles. The summed E-state index contributed by atoms with van der Waals surface area (Å²) in [6.45, 7) is 4.58. The van der Waals surface area contributed by atoms with Gasteiger partial charge in [0.1, 0.15) is 17.4 Å². The maximum Gasteiger partial charge on any atom is 0.248 e. The molecule has 0 unspecified atom stereocenters. The number of para-hydroxylation sites is 1. The van der Waals surface area contributed by atoms with Gasteiger partial charge >= 0.3 is 0 Å². The van der Waals surface area contributed by atoms with Crippen molar-refractivity contribution >= 4 is 27.5 Å². The summed E-state index contributed by atoms with van der Waals surface area (Å²) in [5.41, 5.74) is 2.24. The van der Waals surface area contributed by atoms with E-state index in [2.05, 4.69) is 22.0 Å². The number of methoxy groups -OCH3 is 1. The lowest BCUT2D eigenvalue weighted by molar-refractivity contribution is -0.138. The molecule has 1 aliphatic rings. The maximum atomic E-state index is 12.4. The zero-order valence-corrected chi connectivity index (χ0v) is 17.4. The fourth-order valence-corrected chi connectivity index (χ4v) is 4.35. The second-order valence-electron chi connectivity index (χ2n) is 7.07. The number of hydrogen-bond donors (Lipinski definition) is 0. The summed E-state index contributed by atoms with van der Waals surface area (Å²) in [6.07, 6.45) is 0. The van der Waals surface area contributed by atoms with E-state index >= 15 is 0 Å². The largest absolute Gasteiger partial charge is 0.497 e. The van der Waals surface area contributed by atoms with E-state index in [1.54, 1.807) is 18.4 Å². The molecule has 152 valence electrons. The lowest BCUT2D eigenvalue weighted by Crippen LogP contribution is -2.49. The van der Waals surface area contributed by atoms with E-state index < -0.39 is 0 Å². The highest BCUT2D eigenvalue weighted by Gasteiger charge is 2.21. The van der Waals surface area contributed by atoms with Gasteiger partial charge in [-0.2, -0.15) is 0 Å². The van der Waals surface area contributed by atoms with E-state index in [0.717, 1.165) is 53.7 Å². The van der Waals surface area contributed by atoms with Gasteiger partial charge in [-0.25, -0.2) is 4.98 Å². The van der Waals surface area contributed by atoms with Crippen molar-refractivity contribution in [2.75, 3.05) is 39.9 Å². The van der Waals surface area contributed by atoms with Crippen LogP contribution in [-0.4, -0.2) is 60.6 Å². The summed E-state index contributed by atoms with van der Waals surface area (Å²) in [7, 11) is 1.67. The zero-order chi connectivity index (χ0) is 20.1. The van der Waals surface area contributed by atoms with Gasteiger partial charge in [-0.1, -0.05) is 24.3 Å². The van der Waals surface area contributed by atoms with Crippen molar-refractivity contribution in [2.45, 2.75) is 13.2 Å². The molecule has 0 saturated carbocycles. The van der Waals surface area contributed by atoms with Crippen LogP contribution in [0.5, 0.6) is 5.75 Å². The number of carbonyl (C=O) groups excluding carboxylic acids is 1. The highest BCUT2D eigenvalue weighted by molar-refractivity contribution is 7.18. The summed E-state index contributed by atoms with van der Waals surface area (Å²) in [5, 5.41) is 0.906. The number of fused-ring (bicyclic) bond motifs is 1. The minimum Gasteiger partial charge on any atom is -0.497 e. The summed E-state index contributed by atoms with van der Waals surface area (Å²) < 4.78 is 12.0. The molecule has 4 rings (SSSR count). The first-order valence-corrected chi connectivity index (χ1v) is 10.6. The molecule has 0 spiro atoms. The Morgan fingerprint density at radius 2 is 1.83 bits per heavy atom. The first-order chi connectivity index (χ1) is 14.2. The first kappa shape index (κ1) is 19.8. The Hall–Kier alpha value is -2.48. The van der Waals surface area contributed by atoms with E-state index in [-0.39, 0.29) is 12.5 Å². The van der Waals surface area contributed by atoms with Crippen molar-refractivity contribution in [1.82, 2.24) is 14.8 Å². The summed E-state index contributed by atoms with van der Waals surface area (Å²) in [5.74, 6) is 0.922. The highest BCUT2D eigenvalue weighted by atomic mass is 32.1. The van der Waals surface area contributed by atoms with Gasteiger partial charge in [-0.15, -0.1) is 11.3 Å². The predicted molar refractivity (Wildman–Crippen MR) is 114 cm³/mol. The molecule has 3 aromatic rings. The molecule has 0 N–H and O–H groups in total. The van der Waals surface area contributed by atoms with Gasteiger partial charge in [-0.3, -0.25) is 9.69 Å².